The molecule has 1 heterocycles. The van der Waals surface area contributed by atoms with E-state index in [1.807, 2.05) is 30.9 Å². The number of thioether (sulfide) groups is 1. The van der Waals surface area contributed by atoms with Gasteiger partial charge in [0.2, 0.25) is 5.91 Å². The highest BCUT2D eigenvalue weighted by Crippen LogP contribution is 2.42. The van der Waals surface area contributed by atoms with Crippen LogP contribution in [0.4, 0.5) is 10.1 Å². The van der Waals surface area contributed by atoms with Crippen molar-refractivity contribution in [1.82, 2.24) is 0 Å². The van der Waals surface area contributed by atoms with E-state index in [1.165, 1.54) is 17.7 Å². The van der Waals surface area contributed by atoms with Crippen LogP contribution in [0.25, 0.3) is 0 Å². The average molecular weight is 301 g/mol. The zero-order valence-corrected chi connectivity index (χ0v) is 12.8. The van der Waals surface area contributed by atoms with Gasteiger partial charge in [0.05, 0.1) is 5.75 Å². The Kier molecular flexibility index (Phi) is 3.72. The lowest BCUT2D eigenvalue weighted by molar-refractivity contribution is -0.115. The van der Waals surface area contributed by atoms with Gasteiger partial charge in [-0.2, -0.15) is 0 Å². The number of rotatable bonds is 2. The number of aryl methyl sites for hydroxylation is 2. The molecule has 1 amide bonds. The van der Waals surface area contributed by atoms with Gasteiger partial charge in [0.15, 0.2) is 0 Å². The van der Waals surface area contributed by atoms with Crippen LogP contribution in [0, 0.1) is 19.7 Å². The molecule has 0 N–H and O–H groups in total. The summed E-state index contributed by atoms with van der Waals surface area (Å²) in [6.07, 6.45) is 0. The first-order valence-electron chi connectivity index (χ1n) is 6.82. The van der Waals surface area contributed by atoms with Gasteiger partial charge in [-0.1, -0.05) is 29.8 Å². The smallest absolute Gasteiger partial charge is 0.238 e. The van der Waals surface area contributed by atoms with Crippen LogP contribution in [0.1, 0.15) is 22.1 Å². The molecule has 1 unspecified atom stereocenters. The Morgan fingerprint density at radius 1 is 1.14 bits per heavy atom. The normalized spacial score (nSPS) is 18.3. The van der Waals surface area contributed by atoms with E-state index in [0.717, 1.165) is 16.8 Å². The fourth-order valence-corrected chi connectivity index (χ4v) is 3.80. The van der Waals surface area contributed by atoms with Gasteiger partial charge in [-0.05, 0) is 43.2 Å². The topological polar surface area (TPSA) is 20.3 Å². The van der Waals surface area contributed by atoms with Crippen molar-refractivity contribution in [2.24, 2.45) is 0 Å². The Hall–Kier alpha value is -1.81. The van der Waals surface area contributed by atoms with E-state index in [0.29, 0.717) is 5.75 Å². The minimum Gasteiger partial charge on any atom is -0.295 e. The monoisotopic (exact) mass is 301 g/mol. The Morgan fingerprint density at radius 3 is 2.52 bits per heavy atom. The lowest BCUT2D eigenvalue weighted by Gasteiger charge is -2.26. The van der Waals surface area contributed by atoms with Crippen molar-refractivity contribution in [3.63, 3.8) is 0 Å². The van der Waals surface area contributed by atoms with E-state index >= 15 is 0 Å². The Labute approximate surface area is 128 Å². The van der Waals surface area contributed by atoms with E-state index in [1.54, 1.807) is 23.9 Å². The van der Waals surface area contributed by atoms with E-state index in [2.05, 4.69) is 6.07 Å². The van der Waals surface area contributed by atoms with Crippen LogP contribution in [0.3, 0.4) is 0 Å². The maximum Gasteiger partial charge on any atom is 0.238 e. The average Bonchev–Trinajstić information content (AvgIpc) is 2.82. The summed E-state index contributed by atoms with van der Waals surface area (Å²) in [6, 6.07) is 12.5. The lowest BCUT2D eigenvalue weighted by Crippen LogP contribution is -2.28. The van der Waals surface area contributed by atoms with Gasteiger partial charge in [0, 0.05) is 5.69 Å². The van der Waals surface area contributed by atoms with Crippen LogP contribution in [0.15, 0.2) is 42.5 Å². The Morgan fingerprint density at radius 2 is 1.86 bits per heavy atom. The zero-order chi connectivity index (χ0) is 15.0. The van der Waals surface area contributed by atoms with Gasteiger partial charge in [0.1, 0.15) is 11.2 Å². The van der Waals surface area contributed by atoms with Crippen molar-refractivity contribution >= 4 is 23.4 Å². The lowest BCUT2D eigenvalue weighted by atomic mass is 10.1. The number of carbonyl (C=O) groups excluding carboxylic acids is 1. The molecule has 0 bridgehead atoms. The maximum atomic E-state index is 13.1. The molecule has 2 aromatic carbocycles. The molecule has 1 fully saturated rings. The SMILES string of the molecule is Cc1ccc(N2C(=O)CSC2c2ccc(F)cc2)c(C)c1. The standard InChI is InChI=1S/C17H16FNOS/c1-11-3-8-15(12(2)9-11)19-16(20)10-21-17(19)13-4-6-14(18)7-5-13/h3-9,17H,10H2,1-2H3. The van der Waals surface area contributed by atoms with Crippen molar-refractivity contribution in [2.75, 3.05) is 10.7 Å². The van der Waals surface area contributed by atoms with Gasteiger partial charge in [-0.3, -0.25) is 9.69 Å². The summed E-state index contributed by atoms with van der Waals surface area (Å²) in [7, 11) is 0. The second kappa shape index (κ2) is 5.53. The van der Waals surface area contributed by atoms with Gasteiger partial charge in [-0.15, -0.1) is 11.8 Å². The zero-order valence-electron chi connectivity index (χ0n) is 12.0. The first-order valence-corrected chi connectivity index (χ1v) is 7.87. The fourth-order valence-electron chi connectivity index (χ4n) is 2.63. The fraction of sp³-hybridized carbons (Fsp3) is 0.235. The summed E-state index contributed by atoms with van der Waals surface area (Å²) in [5.74, 6) is 0.294. The third kappa shape index (κ3) is 2.68. The molecular formula is C17H16FNOS. The molecule has 108 valence electrons. The molecule has 1 aliphatic rings. The predicted molar refractivity (Wildman–Crippen MR) is 85.0 cm³/mol. The number of carbonyl (C=O) groups is 1. The third-order valence-electron chi connectivity index (χ3n) is 3.63. The Balaban J connectivity index is 2.01. The molecule has 1 atom stereocenters. The van der Waals surface area contributed by atoms with E-state index < -0.39 is 0 Å². The van der Waals surface area contributed by atoms with Crippen LogP contribution in [0.2, 0.25) is 0 Å². The molecule has 4 heteroatoms. The largest absolute Gasteiger partial charge is 0.295 e. The van der Waals surface area contributed by atoms with Gasteiger partial charge in [0.25, 0.3) is 0 Å². The van der Waals surface area contributed by atoms with Crippen molar-refractivity contribution in [2.45, 2.75) is 19.2 Å². The van der Waals surface area contributed by atoms with Gasteiger partial charge < -0.3 is 0 Å². The first-order chi connectivity index (χ1) is 10.1. The van der Waals surface area contributed by atoms with E-state index in [9.17, 15) is 9.18 Å². The van der Waals surface area contributed by atoms with Crippen LogP contribution in [0.5, 0.6) is 0 Å². The molecule has 0 radical (unpaired) electrons. The summed E-state index contributed by atoms with van der Waals surface area (Å²) < 4.78 is 13.1. The number of amides is 1. The summed E-state index contributed by atoms with van der Waals surface area (Å²) in [4.78, 5) is 14.1. The second-order valence-corrected chi connectivity index (χ2v) is 6.34. The number of halogens is 1. The summed E-state index contributed by atoms with van der Waals surface area (Å²) in [5.41, 5.74) is 4.14. The Bertz CT molecular complexity index is 684. The molecule has 1 saturated heterocycles. The minimum atomic E-state index is -0.258. The van der Waals surface area contributed by atoms with Crippen molar-refractivity contribution in [3.05, 3.63) is 65.0 Å². The van der Waals surface area contributed by atoms with Crippen molar-refractivity contribution < 1.29 is 9.18 Å². The third-order valence-corrected chi connectivity index (χ3v) is 4.85. The molecule has 0 aliphatic carbocycles. The maximum absolute atomic E-state index is 13.1. The number of hydrogen-bond donors (Lipinski definition) is 0. The molecule has 0 saturated carbocycles. The molecule has 0 spiro atoms. The molecular weight excluding hydrogens is 285 g/mol. The van der Waals surface area contributed by atoms with E-state index in [-0.39, 0.29) is 17.1 Å². The van der Waals surface area contributed by atoms with Crippen LogP contribution in [-0.2, 0) is 4.79 Å². The quantitative estimate of drug-likeness (QED) is 0.827. The predicted octanol–water partition coefficient (Wildman–Crippen LogP) is 4.22. The molecule has 0 aromatic heterocycles. The molecule has 1 aliphatic heterocycles. The van der Waals surface area contributed by atoms with Crippen LogP contribution < -0.4 is 4.90 Å². The minimum absolute atomic E-state index is 0.0838. The number of hydrogen-bond acceptors (Lipinski definition) is 2. The van der Waals surface area contributed by atoms with E-state index in [4.69, 9.17) is 0 Å². The molecule has 2 aromatic rings. The highest BCUT2D eigenvalue weighted by molar-refractivity contribution is 8.00. The molecule has 3 rings (SSSR count). The second-order valence-electron chi connectivity index (χ2n) is 5.27. The van der Waals surface area contributed by atoms with Crippen LogP contribution in [-0.4, -0.2) is 11.7 Å². The number of anilines is 1. The number of nitrogens with zero attached hydrogens (tertiary/aromatic N) is 1. The highest BCUT2D eigenvalue weighted by atomic mass is 32.2. The van der Waals surface area contributed by atoms with Crippen LogP contribution >= 0.6 is 11.8 Å². The molecule has 21 heavy (non-hydrogen) atoms. The van der Waals surface area contributed by atoms with Gasteiger partial charge in [-0.25, -0.2) is 4.39 Å². The first kappa shape index (κ1) is 14.1. The molecule has 2 nitrogen and oxygen atoms in total. The van der Waals surface area contributed by atoms with Crippen molar-refractivity contribution in [1.29, 1.82) is 0 Å². The van der Waals surface area contributed by atoms with Crippen molar-refractivity contribution in [3.8, 4) is 0 Å². The van der Waals surface area contributed by atoms with Gasteiger partial charge >= 0.3 is 0 Å². The highest BCUT2D eigenvalue weighted by Gasteiger charge is 2.34. The number of benzene rings is 2. The summed E-state index contributed by atoms with van der Waals surface area (Å²) in [5, 5.41) is -0.0838. The summed E-state index contributed by atoms with van der Waals surface area (Å²) in [6.45, 7) is 4.05. The summed E-state index contributed by atoms with van der Waals surface area (Å²) >= 11 is 1.58.